The molecule has 5 unspecified atom stereocenters. The van der Waals surface area contributed by atoms with Gasteiger partial charge in [-0.1, -0.05) is 0 Å². The molecule has 6 rings (SSSR count). The second-order valence-corrected chi connectivity index (χ2v) is 11.1. The largest absolute Gasteiger partial charge is 0.347 e. The maximum absolute atomic E-state index is 13.3. The fraction of sp³-hybridized carbons (Fsp3) is 0.750. The molecule has 194 valence electrons. The molecule has 0 bridgehead atoms. The van der Waals surface area contributed by atoms with Crippen molar-refractivity contribution in [1.82, 2.24) is 28.6 Å². The molecule has 1 aromatic heterocycles. The Kier molecular flexibility index (Phi) is 5.45. The Hall–Kier alpha value is -3.18. The summed E-state index contributed by atoms with van der Waals surface area (Å²) in [5.41, 5.74) is -0.586. The molecule has 3 saturated heterocycles. The standard InChI is InChI=1S/C24H32N6O6/c1-25-19(31)16-5-4-14(10-17(16)20(25)32)12-27-21(33)18-11-15(6-9-26(18)22(27)34)13-28-23(35)29-7-2-3-8-30(29)24(28)36/h14-18H,2-13H2,1H3. The van der Waals surface area contributed by atoms with Crippen molar-refractivity contribution < 1.29 is 19.2 Å². The smallest absolute Gasteiger partial charge is 0.312 e. The molecular weight excluding hydrogens is 468 g/mol. The van der Waals surface area contributed by atoms with E-state index in [9.17, 15) is 28.8 Å². The summed E-state index contributed by atoms with van der Waals surface area (Å²) in [7, 11) is 1.52. The van der Waals surface area contributed by atoms with E-state index in [0.717, 1.165) is 12.8 Å². The Morgan fingerprint density at radius 2 is 1.33 bits per heavy atom. The molecule has 12 nitrogen and oxygen atoms in total. The molecule has 0 aromatic carbocycles. The van der Waals surface area contributed by atoms with Crippen molar-refractivity contribution in [2.75, 3.05) is 20.1 Å². The molecule has 1 saturated carbocycles. The Morgan fingerprint density at radius 3 is 2.03 bits per heavy atom. The highest BCUT2D eigenvalue weighted by atomic mass is 16.2. The van der Waals surface area contributed by atoms with Crippen LogP contribution in [0, 0.1) is 23.7 Å². The van der Waals surface area contributed by atoms with Gasteiger partial charge < -0.3 is 4.90 Å². The fourth-order valence-electron chi connectivity index (χ4n) is 7.06. The lowest BCUT2D eigenvalue weighted by Gasteiger charge is -2.32. The van der Waals surface area contributed by atoms with E-state index in [1.807, 2.05) is 0 Å². The third-order valence-corrected chi connectivity index (χ3v) is 9.06. The molecule has 1 aliphatic carbocycles. The minimum Gasteiger partial charge on any atom is -0.312 e. The average molecular weight is 501 g/mol. The SMILES string of the molecule is CN1C(=O)C2CCC(CN3C(=O)C4CC(Cn5c(=O)n6n(c5=O)CCCC6)CCN4C3=O)CC2C1=O. The van der Waals surface area contributed by atoms with Crippen LogP contribution in [0.25, 0.3) is 0 Å². The molecule has 1 aromatic rings. The van der Waals surface area contributed by atoms with E-state index in [0.29, 0.717) is 51.7 Å². The first kappa shape index (κ1) is 23.2. The van der Waals surface area contributed by atoms with Crippen LogP contribution in [0.4, 0.5) is 4.79 Å². The van der Waals surface area contributed by atoms with E-state index in [-0.39, 0.29) is 71.9 Å². The summed E-state index contributed by atoms with van der Waals surface area (Å²) in [6.45, 7) is 2.02. The van der Waals surface area contributed by atoms with Gasteiger partial charge in [0.2, 0.25) is 11.8 Å². The van der Waals surface area contributed by atoms with Gasteiger partial charge in [-0.25, -0.2) is 28.3 Å². The summed E-state index contributed by atoms with van der Waals surface area (Å²) in [6.07, 6.45) is 4.60. The van der Waals surface area contributed by atoms with E-state index in [4.69, 9.17) is 0 Å². The molecule has 0 N–H and O–H groups in total. The van der Waals surface area contributed by atoms with Crippen LogP contribution in [0.2, 0.25) is 0 Å². The third-order valence-electron chi connectivity index (χ3n) is 9.06. The number of rotatable bonds is 4. The van der Waals surface area contributed by atoms with Gasteiger partial charge in [0.1, 0.15) is 6.04 Å². The van der Waals surface area contributed by atoms with Crippen molar-refractivity contribution in [3.05, 3.63) is 21.0 Å². The van der Waals surface area contributed by atoms with Gasteiger partial charge in [-0.15, -0.1) is 0 Å². The Morgan fingerprint density at radius 1 is 0.694 bits per heavy atom. The minimum atomic E-state index is -0.580. The molecule has 12 heteroatoms. The maximum atomic E-state index is 13.3. The highest BCUT2D eigenvalue weighted by molar-refractivity contribution is 6.05. The number of piperidine rings is 1. The lowest BCUT2D eigenvalue weighted by Crippen LogP contribution is -2.44. The molecule has 5 atom stereocenters. The highest BCUT2D eigenvalue weighted by Crippen LogP contribution is 2.41. The topological polar surface area (TPSA) is 127 Å². The number of fused-ring (bicyclic) bond motifs is 3. The van der Waals surface area contributed by atoms with Gasteiger partial charge in [0, 0.05) is 39.8 Å². The van der Waals surface area contributed by atoms with Gasteiger partial charge in [0.15, 0.2) is 0 Å². The number of carbonyl (C=O) groups is 4. The van der Waals surface area contributed by atoms with Crippen LogP contribution < -0.4 is 11.4 Å². The molecule has 0 spiro atoms. The summed E-state index contributed by atoms with van der Waals surface area (Å²) in [5, 5.41) is 0. The van der Waals surface area contributed by atoms with Crippen LogP contribution in [0.1, 0.15) is 44.9 Å². The van der Waals surface area contributed by atoms with Crippen molar-refractivity contribution >= 4 is 23.8 Å². The zero-order chi connectivity index (χ0) is 25.3. The summed E-state index contributed by atoms with van der Waals surface area (Å²) in [4.78, 5) is 80.9. The van der Waals surface area contributed by atoms with Crippen LogP contribution in [-0.4, -0.2) is 78.6 Å². The number of carbonyl (C=O) groups excluding carboxylic acids is 4. The monoisotopic (exact) mass is 500 g/mol. The Bertz CT molecular complexity index is 1220. The van der Waals surface area contributed by atoms with Gasteiger partial charge >= 0.3 is 17.4 Å². The summed E-state index contributed by atoms with van der Waals surface area (Å²) in [6, 6.07) is -0.878. The van der Waals surface area contributed by atoms with Crippen molar-refractivity contribution in [2.24, 2.45) is 23.7 Å². The van der Waals surface area contributed by atoms with Crippen LogP contribution in [0.15, 0.2) is 9.59 Å². The van der Waals surface area contributed by atoms with Gasteiger partial charge in [-0.2, -0.15) is 0 Å². The van der Waals surface area contributed by atoms with Crippen LogP contribution in [0.5, 0.6) is 0 Å². The van der Waals surface area contributed by atoms with Gasteiger partial charge in [-0.3, -0.25) is 24.2 Å². The van der Waals surface area contributed by atoms with Crippen LogP contribution >= 0.6 is 0 Å². The number of amides is 5. The second kappa shape index (κ2) is 8.45. The number of aromatic nitrogens is 3. The number of hydrogen-bond acceptors (Lipinski definition) is 6. The number of imide groups is 2. The predicted molar refractivity (Wildman–Crippen MR) is 125 cm³/mol. The molecule has 36 heavy (non-hydrogen) atoms. The van der Waals surface area contributed by atoms with E-state index in [2.05, 4.69) is 0 Å². The van der Waals surface area contributed by atoms with Crippen LogP contribution in [0.3, 0.4) is 0 Å². The summed E-state index contributed by atoms with van der Waals surface area (Å²) in [5.74, 6) is -1.21. The first-order chi connectivity index (χ1) is 17.3. The van der Waals surface area contributed by atoms with Gasteiger partial charge in [-0.05, 0) is 56.8 Å². The maximum Gasteiger partial charge on any atom is 0.347 e. The van der Waals surface area contributed by atoms with E-state index < -0.39 is 6.04 Å². The number of likely N-dealkylation sites (tertiary alicyclic amines) is 1. The zero-order valence-corrected chi connectivity index (χ0v) is 20.5. The quantitative estimate of drug-likeness (QED) is 0.412. The summed E-state index contributed by atoms with van der Waals surface area (Å²) >= 11 is 0. The molecule has 5 heterocycles. The van der Waals surface area contributed by atoms with Gasteiger partial charge in [0.25, 0.3) is 5.91 Å². The van der Waals surface area contributed by atoms with Gasteiger partial charge in [0.05, 0.1) is 11.8 Å². The van der Waals surface area contributed by atoms with Crippen molar-refractivity contribution in [2.45, 2.75) is 70.6 Å². The lowest BCUT2D eigenvalue weighted by atomic mass is 9.75. The minimum absolute atomic E-state index is 0.00848. The normalized spacial score (nSPS) is 32.2. The Balaban J connectivity index is 1.13. The molecule has 5 aliphatic rings. The Labute approximate surface area is 207 Å². The second-order valence-electron chi connectivity index (χ2n) is 11.1. The number of hydrogen-bond donors (Lipinski definition) is 0. The van der Waals surface area contributed by atoms with Crippen molar-refractivity contribution in [3.63, 3.8) is 0 Å². The fourth-order valence-corrected chi connectivity index (χ4v) is 7.06. The predicted octanol–water partition coefficient (Wildman–Crippen LogP) is -0.321. The zero-order valence-electron chi connectivity index (χ0n) is 20.5. The molecule has 4 fully saturated rings. The summed E-state index contributed by atoms with van der Waals surface area (Å²) < 4.78 is 4.32. The first-order valence-electron chi connectivity index (χ1n) is 13.1. The average Bonchev–Trinajstić information content (AvgIpc) is 3.36. The molecule has 0 radical (unpaired) electrons. The van der Waals surface area contributed by atoms with E-state index >= 15 is 0 Å². The first-order valence-corrected chi connectivity index (χ1v) is 13.1. The number of urea groups is 1. The van der Waals surface area contributed by atoms with E-state index in [1.165, 1.54) is 30.8 Å². The molecular formula is C24H32N6O6. The van der Waals surface area contributed by atoms with Crippen molar-refractivity contribution in [3.8, 4) is 0 Å². The number of nitrogens with zero attached hydrogens (tertiary/aromatic N) is 6. The van der Waals surface area contributed by atoms with Crippen molar-refractivity contribution in [1.29, 1.82) is 0 Å². The van der Waals surface area contributed by atoms with E-state index in [1.54, 1.807) is 4.90 Å². The third kappa shape index (κ3) is 3.40. The molecule has 5 amide bonds. The molecule has 4 aliphatic heterocycles. The highest BCUT2D eigenvalue weighted by Gasteiger charge is 2.51. The lowest BCUT2D eigenvalue weighted by molar-refractivity contribution is -0.138. The van der Waals surface area contributed by atoms with Crippen LogP contribution in [-0.2, 0) is 34.0 Å².